The summed E-state index contributed by atoms with van der Waals surface area (Å²) in [5.41, 5.74) is 0.907. The molecule has 13 heteroatoms. The topological polar surface area (TPSA) is 151 Å². The van der Waals surface area contributed by atoms with Crippen LogP contribution < -0.4 is 20.3 Å². The number of hydrogen-bond acceptors (Lipinski definition) is 9. The third-order valence-electron chi connectivity index (χ3n) is 6.69. The molecule has 0 aliphatic carbocycles. The number of ether oxygens (including phenoxy) is 2. The van der Waals surface area contributed by atoms with Gasteiger partial charge in [-0.05, 0) is 64.5 Å². The monoisotopic (exact) mass is 667 g/mol. The molecule has 4 aromatic carbocycles. The number of nitro groups is 1. The summed E-state index contributed by atoms with van der Waals surface area (Å²) >= 11 is 3.31. The summed E-state index contributed by atoms with van der Waals surface area (Å²) in [6.07, 6.45) is 1.29. The highest BCUT2D eigenvalue weighted by molar-refractivity contribution is 9.10. The van der Waals surface area contributed by atoms with E-state index in [0.717, 1.165) is 4.68 Å². The second-order valence-electron chi connectivity index (χ2n) is 9.61. The van der Waals surface area contributed by atoms with Gasteiger partial charge in [0, 0.05) is 17.3 Å². The van der Waals surface area contributed by atoms with Crippen molar-refractivity contribution >= 4 is 61.3 Å². The van der Waals surface area contributed by atoms with Crippen molar-refractivity contribution in [2.24, 2.45) is 5.10 Å². The molecule has 45 heavy (non-hydrogen) atoms. The van der Waals surface area contributed by atoms with E-state index in [4.69, 9.17) is 13.9 Å². The molecule has 0 spiro atoms. The molecule has 224 valence electrons. The number of aromatic nitrogens is 2. The molecule has 2 heterocycles. The maximum atomic E-state index is 13.6. The van der Waals surface area contributed by atoms with E-state index in [1.807, 2.05) is 0 Å². The highest BCUT2D eigenvalue weighted by Crippen LogP contribution is 2.36. The number of carbonyl (C=O) groups excluding carboxylic acids is 1. The first kappa shape index (κ1) is 29.3. The number of nitro benzene ring substituents is 1. The highest BCUT2D eigenvalue weighted by Gasteiger charge is 2.22. The van der Waals surface area contributed by atoms with Gasteiger partial charge in [-0.2, -0.15) is 9.78 Å². The zero-order chi connectivity index (χ0) is 31.5. The zero-order valence-corrected chi connectivity index (χ0v) is 25.1. The van der Waals surface area contributed by atoms with E-state index in [0.29, 0.717) is 33.3 Å². The van der Waals surface area contributed by atoms with Crippen molar-refractivity contribution in [1.82, 2.24) is 9.66 Å². The standard InChI is InChI=1S/C32H22BrN5O7/c1-43-26-12-7-13-27-22(26)16-28(45-27)31-36-24-11-6-5-10-21(24)32(40)37(31)34-17-19-14-23(33)30(25(15-19)38(41)42)44-18-29(39)35-20-8-3-2-4-9-20/h2-17H,18H2,1H3,(H,35,39). The van der Waals surface area contributed by atoms with Gasteiger partial charge < -0.3 is 19.2 Å². The Morgan fingerprint density at radius 1 is 1.07 bits per heavy atom. The number of halogens is 1. The number of amides is 1. The number of furan rings is 1. The summed E-state index contributed by atoms with van der Waals surface area (Å²) < 4.78 is 18.3. The predicted molar refractivity (Wildman–Crippen MR) is 172 cm³/mol. The number of nitrogens with one attached hydrogen (secondary N) is 1. The molecular formula is C32H22BrN5O7. The van der Waals surface area contributed by atoms with Crippen molar-refractivity contribution < 1.29 is 23.6 Å². The molecule has 6 rings (SSSR count). The number of para-hydroxylation sites is 2. The van der Waals surface area contributed by atoms with Crippen LogP contribution in [0.25, 0.3) is 33.5 Å². The second-order valence-corrected chi connectivity index (χ2v) is 10.5. The largest absolute Gasteiger partial charge is 0.496 e. The van der Waals surface area contributed by atoms with Gasteiger partial charge >= 0.3 is 5.69 Å². The zero-order valence-electron chi connectivity index (χ0n) is 23.5. The molecule has 0 aliphatic heterocycles. The Morgan fingerprint density at radius 3 is 2.62 bits per heavy atom. The van der Waals surface area contributed by atoms with Crippen LogP contribution >= 0.6 is 15.9 Å². The average molecular weight is 668 g/mol. The van der Waals surface area contributed by atoms with E-state index in [2.05, 4.69) is 31.3 Å². The lowest BCUT2D eigenvalue weighted by molar-refractivity contribution is -0.385. The normalized spacial score (nSPS) is 11.2. The number of anilines is 1. The number of nitrogens with zero attached hydrogens (tertiary/aromatic N) is 4. The van der Waals surface area contributed by atoms with Gasteiger partial charge in [0.1, 0.15) is 11.3 Å². The SMILES string of the molecule is COc1cccc2oc(-c3nc4ccccc4c(=O)n3N=Cc3cc(Br)c(OCC(=O)Nc4ccccc4)c([N+](=O)[O-])c3)cc12. The Bertz CT molecular complexity index is 2180. The van der Waals surface area contributed by atoms with Crippen LogP contribution in [0.4, 0.5) is 11.4 Å². The molecule has 1 amide bonds. The summed E-state index contributed by atoms with van der Waals surface area (Å²) in [6, 6.07) is 25.3. The molecule has 0 saturated heterocycles. The predicted octanol–water partition coefficient (Wildman–Crippen LogP) is 6.39. The van der Waals surface area contributed by atoms with Crippen LogP contribution in [0.1, 0.15) is 5.56 Å². The van der Waals surface area contributed by atoms with Crippen LogP contribution in [-0.4, -0.2) is 40.4 Å². The number of hydrogen-bond donors (Lipinski definition) is 1. The van der Waals surface area contributed by atoms with Crippen molar-refractivity contribution in [3.05, 3.63) is 121 Å². The van der Waals surface area contributed by atoms with Crippen LogP contribution in [0, 0.1) is 10.1 Å². The lowest BCUT2D eigenvalue weighted by atomic mass is 10.2. The first-order chi connectivity index (χ1) is 21.8. The van der Waals surface area contributed by atoms with Gasteiger partial charge in [-0.1, -0.05) is 36.4 Å². The molecule has 0 atom stereocenters. The fourth-order valence-corrected chi connectivity index (χ4v) is 5.23. The molecule has 12 nitrogen and oxygen atoms in total. The lowest BCUT2D eigenvalue weighted by Gasteiger charge is -2.10. The number of rotatable bonds is 9. The van der Waals surface area contributed by atoms with Gasteiger partial charge in [-0.25, -0.2) is 4.98 Å². The number of fused-ring (bicyclic) bond motifs is 2. The number of benzene rings is 4. The Kier molecular flexibility index (Phi) is 8.08. The smallest absolute Gasteiger partial charge is 0.312 e. The van der Waals surface area contributed by atoms with E-state index in [1.165, 1.54) is 18.3 Å². The number of carbonyl (C=O) groups is 1. The summed E-state index contributed by atoms with van der Waals surface area (Å²) in [5, 5.41) is 20.0. The molecule has 0 unspecified atom stereocenters. The van der Waals surface area contributed by atoms with E-state index >= 15 is 0 Å². The molecule has 0 fully saturated rings. The van der Waals surface area contributed by atoms with Gasteiger partial charge in [-0.15, -0.1) is 0 Å². The molecule has 0 aliphatic rings. The maximum absolute atomic E-state index is 13.6. The molecule has 2 aromatic heterocycles. The first-order valence-electron chi connectivity index (χ1n) is 13.4. The highest BCUT2D eigenvalue weighted by atomic mass is 79.9. The van der Waals surface area contributed by atoms with Crippen molar-refractivity contribution in [3.63, 3.8) is 0 Å². The fourth-order valence-electron chi connectivity index (χ4n) is 4.65. The van der Waals surface area contributed by atoms with Gasteiger partial charge in [0.25, 0.3) is 11.5 Å². The molecular weight excluding hydrogens is 646 g/mol. The van der Waals surface area contributed by atoms with Crippen molar-refractivity contribution in [2.75, 3.05) is 19.0 Å². The van der Waals surface area contributed by atoms with Crippen LogP contribution in [-0.2, 0) is 4.79 Å². The summed E-state index contributed by atoms with van der Waals surface area (Å²) in [5.74, 6) is 0.330. The van der Waals surface area contributed by atoms with Crippen LogP contribution in [0.2, 0.25) is 0 Å². The van der Waals surface area contributed by atoms with Crippen LogP contribution in [0.5, 0.6) is 11.5 Å². The average Bonchev–Trinajstić information content (AvgIpc) is 3.48. The van der Waals surface area contributed by atoms with E-state index in [9.17, 15) is 19.7 Å². The molecule has 0 bridgehead atoms. The Morgan fingerprint density at radius 2 is 1.84 bits per heavy atom. The first-order valence-corrected chi connectivity index (χ1v) is 14.2. The molecule has 6 aromatic rings. The summed E-state index contributed by atoms with van der Waals surface area (Å²) in [7, 11) is 1.54. The van der Waals surface area contributed by atoms with Crippen LogP contribution in [0.3, 0.4) is 0 Å². The maximum Gasteiger partial charge on any atom is 0.312 e. The second kappa shape index (κ2) is 12.4. The van der Waals surface area contributed by atoms with E-state index in [1.54, 1.807) is 86.0 Å². The summed E-state index contributed by atoms with van der Waals surface area (Å²) in [6.45, 7) is -0.467. The molecule has 1 N–H and O–H groups in total. The molecule has 0 radical (unpaired) electrons. The Hall–Kier alpha value is -5.82. The summed E-state index contributed by atoms with van der Waals surface area (Å²) in [4.78, 5) is 42.0. The van der Waals surface area contributed by atoms with Gasteiger partial charge in [-0.3, -0.25) is 19.7 Å². The third kappa shape index (κ3) is 6.01. The Labute approximate surface area is 262 Å². The van der Waals surface area contributed by atoms with Gasteiger partial charge in [0.15, 0.2) is 12.4 Å². The van der Waals surface area contributed by atoms with Crippen LogP contribution in [0.15, 0.2) is 110 Å². The van der Waals surface area contributed by atoms with E-state index in [-0.39, 0.29) is 27.4 Å². The van der Waals surface area contributed by atoms with Crippen molar-refractivity contribution in [3.8, 4) is 23.1 Å². The fraction of sp³-hybridized carbons (Fsp3) is 0.0625. The van der Waals surface area contributed by atoms with Gasteiger partial charge in [0.2, 0.25) is 11.6 Å². The van der Waals surface area contributed by atoms with Crippen molar-refractivity contribution in [2.45, 2.75) is 0 Å². The molecule has 0 saturated carbocycles. The quantitative estimate of drug-likeness (QED) is 0.106. The van der Waals surface area contributed by atoms with Gasteiger partial charge in [0.05, 0.1) is 39.0 Å². The van der Waals surface area contributed by atoms with Crippen molar-refractivity contribution in [1.29, 1.82) is 0 Å². The Balaban J connectivity index is 1.36. The minimum absolute atomic E-state index is 0.117. The third-order valence-corrected chi connectivity index (χ3v) is 7.28. The lowest BCUT2D eigenvalue weighted by Crippen LogP contribution is -2.20. The van der Waals surface area contributed by atoms with E-state index < -0.39 is 28.7 Å². The minimum atomic E-state index is -0.635. The number of methoxy groups -OCH3 is 1. The minimum Gasteiger partial charge on any atom is -0.496 e.